The summed E-state index contributed by atoms with van der Waals surface area (Å²) < 4.78 is -1.70. The Labute approximate surface area is 85.2 Å². The minimum atomic E-state index is -1.70. The maximum atomic E-state index is 10.8. The van der Waals surface area contributed by atoms with Crippen LogP contribution in [0.2, 0.25) is 0 Å². The molecule has 0 spiro atoms. The van der Waals surface area contributed by atoms with Crippen LogP contribution in [-0.4, -0.2) is 10.1 Å². The average Bonchev–Trinajstić information content (AvgIpc) is 1.85. The van der Waals surface area contributed by atoms with Gasteiger partial charge in [0.05, 0.1) is 5.03 Å². The van der Waals surface area contributed by atoms with Crippen molar-refractivity contribution in [1.82, 2.24) is 0 Å². The van der Waals surface area contributed by atoms with Crippen molar-refractivity contribution in [2.24, 2.45) is 0 Å². The molecule has 0 aliphatic heterocycles. The van der Waals surface area contributed by atoms with Gasteiger partial charge in [0, 0.05) is 5.03 Å². The zero-order valence-corrected chi connectivity index (χ0v) is 8.94. The molecule has 0 amide bonds. The lowest BCUT2D eigenvalue weighted by Crippen LogP contribution is -2.23. The molecule has 0 radical (unpaired) electrons. The van der Waals surface area contributed by atoms with E-state index in [0.717, 1.165) is 0 Å². The Balaban J connectivity index is 4.86. The second kappa shape index (κ2) is 3.99. The van der Waals surface area contributed by atoms with E-state index in [1.165, 1.54) is 13.8 Å². The molecule has 0 N–H and O–H groups in total. The first-order valence-electron chi connectivity index (χ1n) is 2.71. The average molecular weight is 236 g/mol. The van der Waals surface area contributed by atoms with E-state index >= 15 is 0 Å². The van der Waals surface area contributed by atoms with Gasteiger partial charge in [-0.25, -0.2) is 0 Å². The zero-order chi connectivity index (χ0) is 9.23. The highest BCUT2D eigenvalue weighted by Gasteiger charge is 2.34. The third kappa shape index (κ3) is 2.83. The molecule has 0 heterocycles. The van der Waals surface area contributed by atoms with Crippen molar-refractivity contribution >= 4 is 52.2 Å². The summed E-state index contributed by atoms with van der Waals surface area (Å²) in [5.74, 6) is -0.453. The van der Waals surface area contributed by atoms with Gasteiger partial charge in [0.15, 0.2) is 5.78 Å². The number of ketones is 1. The largest absolute Gasteiger partial charge is 0.296 e. The van der Waals surface area contributed by atoms with Gasteiger partial charge in [-0.1, -0.05) is 46.4 Å². The van der Waals surface area contributed by atoms with Crippen LogP contribution in [0.4, 0.5) is 0 Å². The third-order valence-corrected chi connectivity index (χ3v) is 2.98. The third-order valence-electron chi connectivity index (χ3n) is 1.02. The second-order valence-corrected chi connectivity index (χ2v) is 4.25. The predicted molar refractivity (Wildman–Crippen MR) is 49.5 cm³/mol. The fraction of sp³-hybridized carbons (Fsp3) is 0.500. The summed E-state index contributed by atoms with van der Waals surface area (Å²) in [7, 11) is 0. The Kier molecular flexibility index (Phi) is 4.20. The number of carbonyl (C=O) groups excluding carboxylic acids is 1. The van der Waals surface area contributed by atoms with Gasteiger partial charge in [0.2, 0.25) is 4.33 Å². The first-order valence-corrected chi connectivity index (χ1v) is 4.22. The molecule has 0 saturated heterocycles. The molecule has 0 bridgehead atoms. The van der Waals surface area contributed by atoms with E-state index in [9.17, 15) is 4.79 Å². The molecule has 0 rings (SSSR count). The highest BCUT2D eigenvalue weighted by atomic mass is 35.5. The van der Waals surface area contributed by atoms with Gasteiger partial charge in [-0.3, -0.25) is 4.79 Å². The topological polar surface area (TPSA) is 17.1 Å². The van der Waals surface area contributed by atoms with Crippen LogP contribution in [0.25, 0.3) is 0 Å². The van der Waals surface area contributed by atoms with E-state index in [0.29, 0.717) is 0 Å². The Hall–Kier alpha value is 0.570. The molecule has 1 nitrogen and oxygen atoms in total. The summed E-state index contributed by atoms with van der Waals surface area (Å²) in [4.78, 5) is 10.8. The van der Waals surface area contributed by atoms with Crippen LogP contribution < -0.4 is 0 Å². The number of hydrogen-bond donors (Lipinski definition) is 0. The molecule has 0 aliphatic carbocycles. The van der Waals surface area contributed by atoms with E-state index in [2.05, 4.69) is 0 Å². The molecule has 0 aliphatic rings. The van der Waals surface area contributed by atoms with Crippen molar-refractivity contribution in [2.45, 2.75) is 18.2 Å². The van der Waals surface area contributed by atoms with E-state index in [-0.39, 0.29) is 10.1 Å². The normalized spacial score (nSPS) is 14.4. The molecular formula is C6H6Cl4O. The molecule has 5 heteroatoms. The fourth-order valence-corrected chi connectivity index (χ4v) is 1.03. The second-order valence-electron chi connectivity index (χ2n) is 1.98. The van der Waals surface area contributed by atoms with Crippen LogP contribution in [0.15, 0.2) is 10.1 Å². The lowest BCUT2D eigenvalue weighted by molar-refractivity contribution is -0.116. The number of allylic oxidation sites excluding steroid dienone is 2. The van der Waals surface area contributed by atoms with Crippen molar-refractivity contribution in [3.63, 3.8) is 0 Å². The molecule has 0 unspecified atom stereocenters. The van der Waals surface area contributed by atoms with Crippen molar-refractivity contribution in [3.05, 3.63) is 10.1 Å². The Morgan fingerprint density at radius 3 is 1.64 bits per heavy atom. The number of hydrogen-bond acceptors (Lipinski definition) is 1. The van der Waals surface area contributed by atoms with E-state index in [4.69, 9.17) is 46.4 Å². The van der Waals surface area contributed by atoms with Crippen LogP contribution in [0, 0.1) is 0 Å². The molecule has 0 fully saturated rings. The van der Waals surface area contributed by atoms with Crippen molar-refractivity contribution in [3.8, 4) is 0 Å². The Morgan fingerprint density at radius 1 is 1.18 bits per heavy atom. The number of rotatable bonds is 2. The maximum absolute atomic E-state index is 10.8. The van der Waals surface area contributed by atoms with E-state index in [1.54, 1.807) is 0 Å². The van der Waals surface area contributed by atoms with E-state index < -0.39 is 10.1 Å². The standard InChI is InChI=1S/C6H6Cl4O/c1-3(7)5(8)6(9,10)4(2)11/h1-2H3/b5-3-. The highest BCUT2D eigenvalue weighted by Crippen LogP contribution is 2.36. The van der Waals surface area contributed by atoms with Gasteiger partial charge in [-0.05, 0) is 13.8 Å². The summed E-state index contributed by atoms with van der Waals surface area (Å²) in [6.07, 6.45) is 0. The van der Waals surface area contributed by atoms with Gasteiger partial charge >= 0.3 is 0 Å². The molecule has 11 heavy (non-hydrogen) atoms. The summed E-state index contributed by atoms with van der Waals surface area (Å²) >= 11 is 22.2. The van der Waals surface area contributed by atoms with Crippen molar-refractivity contribution in [2.75, 3.05) is 0 Å². The smallest absolute Gasteiger partial charge is 0.211 e. The lowest BCUT2D eigenvalue weighted by Gasteiger charge is -2.14. The quantitative estimate of drug-likeness (QED) is 0.671. The summed E-state index contributed by atoms with van der Waals surface area (Å²) in [5.41, 5.74) is 0. The Bertz CT molecular complexity index is 203. The van der Waals surface area contributed by atoms with Gasteiger partial charge in [0.1, 0.15) is 0 Å². The number of carbonyl (C=O) groups is 1. The summed E-state index contributed by atoms with van der Waals surface area (Å²) in [6, 6.07) is 0. The van der Waals surface area contributed by atoms with Crippen molar-refractivity contribution in [1.29, 1.82) is 0 Å². The molecule has 64 valence electrons. The van der Waals surface area contributed by atoms with Crippen LogP contribution >= 0.6 is 46.4 Å². The van der Waals surface area contributed by atoms with Gasteiger partial charge in [0.25, 0.3) is 0 Å². The SMILES string of the molecule is CC(=O)C(Cl)(Cl)/C(Cl)=C(\C)Cl. The predicted octanol–water partition coefficient (Wildman–Crippen LogP) is 3.46. The first kappa shape index (κ1) is 11.6. The van der Waals surface area contributed by atoms with Gasteiger partial charge in [-0.2, -0.15) is 0 Å². The fourth-order valence-electron chi connectivity index (χ4n) is 0.371. The minimum Gasteiger partial charge on any atom is -0.296 e. The van der Waals surface area contributed by atoms with Crippen LogP contribution in [0.3, 0.4) is 0 Å². The number of halogens is 4. The monoisotopic (exact) mass is 234 g/mol. The van der Waals surface area contributed by atoms with E-state index in [1.807, 2.05) is 0 Å². The first-order chi connectivity index (χ1) is 4.80. The summed E-state index contributed by atoms with van der Waals surface area (Å²) in [6.45, 7) is 2.74. The number of Topliss-reactive ketones (excluding diaryl/α,β-unsaturated/α-hetero) is 1. The Morgan fingerprint density at radius 2 is 1.55 bits per heavy atom. The maximum Gasteiger partial charge on any atom is 0.211 e. The molecule has 0 aromatic carbocycles. The van der Waals surface area contributed by atoms with Crippen LogP contribution in [0.5, 0.6) is 0 Å². The molecule has 0 saturated carbocycles. The van der Waals surface area contributed by atoms with Crippen molar-refractivity contribution < 1.29 is 4.79 Å². The molecule has 0 atom stereocenters. The molecule has 0 aromatic rings. The van der Waals surface area contributed by atoms with Gasteiger partial charge in [-0.15, -0.1) is 0 Å². The number of alkyl halides is 2. The van der Waals surface area contributed by atoms with Crippen LogP contribution in [0.1, 0.15) is 13.8 Å². The molecular weight excluding hydrogens is 230 g/mol. The van der Waals surface area contributed by atoms with Gasteiger partial charge < -0.3 is 0 Å². The lowest BCUT2D eigenvalue weighted by atomic mass is 10.3. The summed E-state index contributed by atoms with van der Waals surface area (Å²) in [5, 5.41) is 0.168. The molecule has 0 aromatic heterocycles. The minimum absolute atomic E-state index is 0.0463. The van der Waals surface area contributed by atoms with Crippen LogP contribution in [-0.2, 0) is 4.79 Å². The highest BCUT2D eigenvalue weighted by molar-refractivity contribution is 6.65. The zero-order valence-electron chi connectivity index (χ0n) is 5.92.